The summed E-state index contributed by atoms with van der Waals surface area (Å²) in [5.41, 5.74) is 5.35. The summed E-state index contributed by atoms with van der Waals surface area (Å²) in [6.07, 6.45) is 4.62. The Hall–Kier alpha value is -1.67. The minimum atomic E-state index is -3.93. The quantitative estimate of drug-likeness (QED) is 0.520. The van der Waals surface area contributed by atoms with Crippen molar-refractivity contribution in [2.45, 2.75) is 43.0 Å². The fourth-order valence-corrected chi connectivity index (χ4v) is 4.29. The molecule has 1 saturated carbocycles. The van der Waals surface area contributed by atoms with Crippen molar-refractivity contribution in [3.05, 3.63) is 28.3 Å². The van der Waals surface area contributed by atoms with Crippen LogP contribution in [0, 0.1) is 10.1 Å². The number of nitro benzene ring substituents is 1. The molecule has 7 nitrogen and oxygen atoms in total. The molecule has 0 heterocycles. The van der Waals surface area contributed by atoms with E-state index >= 15 is 0 Å². The number of benzene rings is 1. The van der Waals surface area contributed by atoms with Gasteiger partial charge in [0.25, 0.3) is 5.69 Å². The maximum Gasteiger partial charge on any atom is 0.289 e. The summed E-state index contributed by atoms with van der Waals surface area (Å²) in [6.45, 7) is 0. The fourth-order valence-electron chi connectivity index (χ4n) is 2.68. The predicted octanol–water partition coefficient (Wildman–Crippen LogP) is 2.13. The second kappa shape index (κ2) is 5.98. The van der Waals surface area contributed by atoms with Crippen LogP contribution < -0.4 is 5.73 Å². The van der Waals surface area contributed by atoms with Gasteiger partial charge in [-0.2, -0.15) is 4.31 Å². The summed E-state index contributed by atoms with van der Waals surface area (Å²) >= 11 is 0. The lowest BCUT2D eigenvalue weighted by molar-refractivity contribution is -0.387. The SMILES string of the molecule is CN(C1CCCCC1)S(=O)(=O)c1cc(N)ccc1[N+](=O)[O-]. The molecule has 0 amide bonds. The number of rotatable bonds is 4. The average molecular weight is 313 g/mol. The van der Waals surface area contributed by atoms with Gasteiger partial charge < -0.3 is 5.73 Å². The van der Waals surface area contributed by atoms with Crippen molar-refractivity contribution in [2.24, 2.45) is 0 Å². The average Bonchev–Trinajstić information content (AvgIpc) is 2.47. The number of nitrogens with two attached hydrogens (primary N) is 1. The number of sulfonamides is 1. The first-order valence-corrected chi connectivity index (χ1v) is 8.30. The van der Waals surface area contributed by atoms with Gasteiger partial charge in [0.15, 0.2) is 4.90 Å². The Morgan fingerprint density at radius 2 is 1.90 bits per heavy atom. The zero-order valence-electron chi connectivity index (χ0n) is 11.9. The molecule has 21 heavy (non-hydrogen) atoms. The molecule has 0 aliphatic heterocycles. The van der Waals surface area contributed by atoms with Gasteiger partial charge in [-0.25, -0.2) is 8.42 Å². The van der Waals surface area contributed by atoms with Crippen LogP contribution in [0.2, 0.25) is 0 Å². The Balaban J connectivity index is 2.43. The summed E-state index contributed by atoms with van der Waals surface area (Å²) in [5.74, 6) is 0. The molecule has 1 aliphatic rings. The normalized spacial score (nSPS) is 17.0. The highest BCUT2D eigenvalue weighted by Crippen LogP contribution is 2.31. The van der Waals surface area contributed by atoms with Crippen LogP contribution in [-0.4, -0.2) is 30.7 Å². The van der Waals surface area contributed by atoms with Crippen LogP contribution in [0.25, 0.3) is 0 Å². The Bertz CT molecular complexity index is 639. The molecule has 0 spiro atoms. The van der Waals surface area contributed by atoms with Gasteiger partial charge in [0.1, 0.15) is 0 Å². The van der Waals surface area contributed by atoms with E-state index in [4.69, 9.17) is 5.73 Å². The van der Waals surface area contributed by atoms with Crippen LogP contribution in [0.15, 0.2) is 23.1 Å². The molecule has 2 rings (SSSR count). The third-order valence-corrected chi connectivity index (χ3v) is 5.87. The van der Waals surface area contributed by atoms with E-state index in [0.29, 0.717) is 0 Å². The fraction of sp³-hybridized carbons (Fsp3) is 0.538. The van der Waals surface area contributed by atoms with Gasteiger partial charge in [-0.1, -0.05) is 19.3 Å². The number of hydrogen-bond donors (Lipinski definition) is 1. The Morgan fingerprint density at radius 3 is 2.48 bits per heavy atom. The first-order chi connectivity index (χ1) is 9.84. The molecule has 0 bridgehead atoms. The lowest BCUT2D eigenvalue weighted by Crippen LogP contribution is -2.38. The van der Waals surface area contributed by atoms with Crippen molar-refractivity contribution in [3.8, 4) is 0 Å². The van der Waals surface area contributed by atoms with Gasteiger partial charge in [-0.15, -0.1) is 0 Å². The van der Waals surface area contributed by atoms with Crippen LogP contribution in [0.3, 0.4) is 0 Å². The standard InChI is InChI=1S/C13H19N3O4S/c1-15(11-5-3-2-4-6-11)21(19,20)13-9-10(14)7-8-12(13)16(17)18/h7-9,11H,2-6,14H2,1H3. The largest absolute Gasteiger partial charge is 0.399 e. The topological polar surface area (TPSA) is 107 Å². The first kappa shape index (κ1) is 15.7. The number of hydrogen-bond acceptors (Lipinski definition) is 5. The molecule has 116 valence electrons. The van der Waals surface area contributed by atoms with Gasteiger partial charge >= 0.3 is 0 Å². The van der Waals surface area contributed by atoms with Crippen LogP contribution in [0.1, 0.15) is 32.1 Å². The van der Waals surface area contributed by atoms with E-state index in [-0.39, 0.29) is 16.6 Å². The van der Waals surface area contributed by atoms with Crippen molar-refractivity contribution in [3.63, 3.8) is 0 Å². The molecule has 0 saturated heterocycles. The monoisotopic (exact) mass is 313 g/mol. The lowest BCUT2D eigenvalue weighted by atomic mass is 9.96. The van der Waals surface area contributed by atoms with Gasteiger partial charge in [0.05, 0.1) is 4.92 Å². The van der Waals surface area contributed by atoms with E-state index in [1.165, 1.54) is 17.4 Å². The summed E-state index contributed by atoms with van der Waals surface area (Å²) in [5, 5.41) is 11.1. The predicted molar refractivity (Wildman–Crippen MR) is 79.3 cm³/mol. The van der Waals surface area contributed by atoms with Crippen molar-refractivity contribution in [2.75, 3.05) is 12.8 Å². The molecule has 0 radical (unpaired) electrons. The lowest BCUT2D eigenvalue weighted by Gasteiger charge is -2.30. The summed E-state index contributed by atoms with van der Waals surface area (Å²) in [4.78, 5) is 10.0. The molecular formula is C13H19N3O4S. The highest BCUT2D eigenvalue weighted by molar-refractivity contribution is 7.89. The maximum atomic E-state index is 12.7. The van der Waals surface area contributed by atoms with Crippen molar-refractivity contribution >= 4 is 21.4 Å². The minimum Gasteiger partial charge on any atom is -0.399 e. The van der Waals surface area contributed by atoms with E-state index in [1.807, 2.05) is 0 Å². The van der Waals surface area contributed by atoms with Crippen molar-refractivity contribution < 1.29 is 13.3 Å². The third kappa shape index (κ3) is 3.16. The molecule has 1 aromatic carbocycles. The maximum absolute atomic E-state index is 12.7. The van der Waals surface area contributed by atoms with Gasteiger partial charge in [0, 0.05) is 24.8 Å². The smallest absolute Gasteiger partial charge is 0.289 e. The highest BCUT2D eigenvalue weighted by atomic mass is 32.2. The van der Waals surface area contributed by atoms with Crippen LogP contribution >= 0.6 is 0 Å². The molecule has 1 aliphatic carbocycles. The third-order valence-electron chi connectivity index (χ3n) is 3.93. The molecule has 2 N–H and O–H groups in total. The minimum absolute atomic E-state index is 0.107. The van der Waals surface area contributed by atoms with Gasteiger partial charge in [-0.3, -0.25) is 10.1 Å². The Morgan fingerprint density at radius 1 is 1.29 bits per heavy atom. The van der Waals surface area contributed by atoms with E-state index in [9.17, 15) is 18.5 Å². The van der Waals surface area contributed by atoms with Gasteiger partial charge in [0.2, 0.25) is 10.0 Å². The first-order valence-electron chi connectivity index (χ1n) is 6.86. The molecule has 0 atom stereocenters. The number of nitrogens with zero attached hydrogens (tertiary/aromatic N) is 2. The van der Waals surface area contributed by atoms with Crippen LogP contribution in [0.5, 0.6) is 0 Å². The zero-order chi connectivity index (χ0) is 15.6. The van der Waals surface area contributed by atoms with Crippen molar-refractivity contribution in [1.29, 1.82) is 0 Å². The van der Waals surface area contributed by atoms with Gasteiger partial charge in [-0.05, 0) is 25.0 Å². The van der Waals surface area contributed by atoms with Crippen molar-refractivity contribution in [1.82, 2.24) is 4.31 Å². The number of nitro groups is 1. The Labute approximate surface area is 123 Å². The van der Waals surface area contributed by atoms with E-state index in [0.717, 1.165) is 44.2 Å². The molecule has 8 heteroatoms. The summed E-state index contributed by atoms with van der Waals surface area (Å²) in [7, 11) is -2.44. The molecular weight excluding hydrogens is 294 g/mol. The molecule has 1 fully saturated rings. The number of anilines is 1. The molecule has 1 aromatic rings. The second-order valence-electron chi connectivity index (χ2n) is 5.30. The summed E-state index contributed by atoms with van der Waals surface area (Å²) in [6, 6.07) is 3.52. The number of nitrogen functional groups attached to an aromatic ring is 1. The summed E-state index contributed by atoms with van der Waals surface area (Å²) < 4.78 is 26.6. The van der Waals surface area contributed by atoms with E-state index in [2.05, 4.69) is 0 Å². The van der Waals surface area contributed by atoms with Crippen LogP contribution in [-0.2, 0) is 10.0 Å². The van der Waals surface area contributed by atoms with E-state index in [1.54, 1.807) is 0 Å². The molecule has 0 unspecified atom stereocenters. The second-order valence-corrected chi connectivity index (χ2v) is 7.26. The highest BCUT2D eigenvalue weighted by Gasteiger charge is 2.34. The van der Waals surface area contributed by atoms with Crippen LogP contribution in [0.4, 0.5) is 11.4 Å². The zero-order valence-corrected chi connectivity index (χ0v) is 12.7. The molecule has 0 aromatic heterocycles. The van der Waals surface area contributed by atoms with E-state index < -0.39 is 20.6 Å². The Kier molecular flexibility index (Phi) is 4.48.